The summed E-state index contributed by atoms with van der Waals surface area (Å²) in [4.78, 5) is 15.9. The maximum atomic E-state index is 11.4. The fourth-order valence-electron chi connectivity index (χ4n) is 4.90. The highest BCUT2D eigenvalue weighted by atomic mass is 35.5. The van der Waals surface area contributed by atoms with E-state index in [0.29, 0.717) is 64.5 Å². The van der Waals surface area contributed by atoms with E-state index in [4.69, 9.17) is 27.9 Å². The smallest absolute Gasteiger partial charge is 0.335 e. The van der Waals surface area contributed by atoms with Crippen molar-refractivity contribution in [1.29, 1.82) is 0 Å². The lowest BCUT2D eigenvalue weighted by Gasteiger charge is -2.34. The number of para-hydroxylation sites is 1. The molecule has 6 rings (SSSR count). The van der Waals surface area contributed by atoms with Crippen molar-refractivity contribution in [1.82, 2.24) is 20.0 Å². The molecule has 4 aromatic rings. The van der Waals surface area contributed by atoms with Gasteiger partial charge in [-0.3, -0.25) is 0 Å². The Morgan fingerprint density at radius 3 is 2.54 bits per heavy atom. The van der Waals surface area contributed by atoms with Gasteiger partial charge in [0.15, 0.2) is 0 Å². The van der Waals surface area contributed by atoms with Gasteiger partial charge in [-0.1, -0.05) is 34.5 Å². The van der Waals surface area contributed by atoms with E-state index < -0.39 is 11.6 Å². The van der Waals surface area contributed by atoms with Crippen molar-refractivity contribution in [2.75, 3.05) is 0 Å². The van der Waals surface area contributed by atoms with Crippen LogP contribution >= 0.6 is 34.5 Å². The molecule has 0 unspecified atom stereocenters. The normalized spacial score (nSPS) is 22.0. The first kappa shape index (κ1) is 24.8. The van der Waals surface area contributed by atoms with Gasteiger partial charge < -0.3 is 14.9 Å². The van der Waals surface area contributed by atoms with E-state index in [1.54, 1.807) is 35.0 Å². The number of aromatic carboxylic acids is 1. The molecule has 0 aliphatic heterocycles. The van der Waals surface area contributed by atoms with Gasteiger partial charge in [0.25, 0.3) is 0 Å². The number of thiazole rings is 1. The molecule has 37 heavy (non-hydrogen) atoms. The van der Waals surface area contributed by atoms with E-state index in [2.05, 4.69) is 15.3 Å². The van der Waals surface area contributed by atoms with Crippen molar-refractivity contribution in [2.45, 2.75) is 62.8 Å². The van der Waals surface area contributed by atoms with Crippen molar-refractivity contribution < 1.29 is 19.7 Å². The van der Waals surface area contributed by atoms with Gasteiger partial charge >= 0.3 is 5.97 Å². The number of carboxylic acid groups (broad SMARTS) is 1. The number of hydrogen-bond donors (Lipinski definition) is 2. The molecule has 2 fully saturated rings. The minimum atomic E-state index is -1.06. The Kier molecular flexibility index (Phi) is 6.45. The number of ether oxygens (including phenoxy) is 1. The minimum Gasteiger partial charge on any atom is -0.478 e. The van der Waals surface area contributed by atoms with Crippen molar-refractivity contribution in [2.24, 2.45) is 0 Å². The summed E-state index contributed by atoms with van der Waals surface area (Å²) in [5.74, 6) is -0.600. The van der Waals surface area contributed by atoms with Gasteiger partial charge in [-0.25, -0.2) is 14.5 Å². The van der Waals surface area contributed by atoms with Crippen LogP contribution in [0.5, 0.6) is 0 Å². The molecular weight excluding hydrogens is 535 g/mol. The molecule has 2 saturated carbocycles. The molecule has 2 aromatic heterocycles. The number of fused-ring (bicyclic) bond motifs is 1. The predicted molar refractivity (Wildman–Crippen MR) is 141 cm³/mol. The summed E-state index contributed by atoms with van der Waals surface area (Å²) >= 11 is 14.3. The first-order valence-corrected chi connectivity index (χ1v) is 13.8. The van der Waals surface area contributed by atoms with Gasteiger partial charge in [-0.05, 0) is 68.9 Å². The summed E-state index contributed by atoms with van der Waals surface area (Å²) in [6.07, 6.45) is 4.47. The SMILES string of the molecule is O=C(O)c1ccc2nc(C3(O)CCC(OCc4c(C5CC5)nnn4-c4c(Cl)cccc4Cl)CC3)sc2c1. The summed E-state index contributed by atoms with van der Waals surface area (Å²) in [5, 5.41) is 31.1. The Labute approximate surface area is 226 Å². The summed E-state index contributed by atoms with van der Waals surface area (Å²) in [6.45, 7) is 0.322. The third kappa shape index (κ3) is 4.75. The second kappa shape index (κ2) is 9.63. The Morgan fingerprint density at radius 1 is 1.14 bits per heavy atom. The molecule has 192 valence electrons. The third-order valence-electron chi connectivity index (χ3n) is 7.16. The zero-order chi connectivity index (χ0) is 25.7. The third-order valence-corrected chi connectivity index (χ3v) is 8.98. The second-order valence-electron chi connectivity index (χ2n) is 9.73. The standard InChI is InChI=1S/C26H24Cl2N4O4S/c27-17-2-1-3-18(28)23(17)32-20(22(30-31-32)14-4-5-14)13-36-16-8-10-26(35,11-9-16)25-29-19-7-6-15(24(33)34)12-21(19)37-25/h1-3,6-7,12,14,16,35H,4-5,8-11,13H2,(H,33,34). The van der Waals surface area contributed by atoms with Crippen molar-refractivity contribution in [3.63, 3.8) is 0 Å². The molecular formula is C26H24Cl2N4O4S. The molecule has 0 saturated heterocycles. The van der Waals surface area contributed by atoms with E-state index in [-0.39, 0.29) is 11.7 Å². The van der Waals surface area contributed by atoms with Gasteiger partial charge in [0.1, 0.15) is 16.3 Å². The molecule has 0 atom stereocenters. The molecule has 0 spiro atoms. The Bertz CT molecular complexity index is 1470. The Hall–Kier alpha value is -2.56. The summed E-state index contributed by atoms with van der Waals surface area (Å²) in [7, 11) is 0. The lowest BCUT2D eigenvalue weighted by atomic mass is 9.83. The van der Waals surface area contributed by atoms with E-state index in [0.717, 1.165) is 28.9 Å². The van der Waals surface area contributed by atoms with Crippen LogP contribution in [0.1, 0.15) is 71.2 Å². The van der Waals surface area contributed by atoms with Crippen LogP contribution in [0.15, 0.2) is 36.4 Å². The van der Waals surface area contributed by atoms with Crippen LogP contribution in [0, 0.1) is 0 Å². The van der Waals surface area contributed by atoms with E-state index in [1.807, 2.05) is 0 Å². The van der Waals surface area contributed by atoms with Gasteiger partial charge in [-0.2, -0.15) is 0 Å². The van der Waals surface area contributed by atoms with Gasteiger partial charge in [0.05, 0.1) is 49.9 Å². The highest BCUT2D eigenvalue weighted by Gasteiger charge is 2.38. The highest BCUT2D eigenvalue weighted by Crippen LogP contribution is 2.44. The average Bonchev–Trinajstić information content (AvgIpc) is 3.49. The van der Waals surface area contributed by atoms with Crippen LogP contribution in [0.3, 0.4) is 0 Å². The van der Waals surface area contributed by atoms with Gasteiger partial charge in [-0.15, -0.1) is 16.4 Å². The summed E-state index contributed by atoms with van der Waals surface area (Å²) in [5.41, 5.74) is 2.24. The molecule has 11 heteroatoms. The number of benzene rings is 2. The van der Waals surface area contributed by atoms with E-state index in [1.165, 1.54) is 17.4 Å². The first-order chi connectivity index (χ1) is 17.8. The zero-order valence-electron chi connectivity index (χ0n) is 19.7. The number of aromatic nitrogens is 4. The van der Waals surface area contributed by atoms with Crippen LogP contribution in [0.4, 0.5) is 0 Å². The Morgan fingerprint density at radius 2 is 1.86 bits per heavy atom. The molecule has 8 nitrogen and oxygen atoms in total. The summed E-state index contributed by atoms with van der Waals surface area (Å²) in [6, 6.07) is 10.2. The molecule has 2 aliphatic rings. The fourth-order valence-corrected chi connectivity index (χ4v) is 6.60. The highest BCUT2D eigenvalue weighted by molar-refractivity contribution is 7.18. The number of aliphatic hydroxyl groups is 1. The molecule has 2 aromatic carbocycles. The quantitative estimate of drug-likeness (QED) is 0.281. The number of rotatable bonds is 7. The topological polar surface area (TPSA) is 110 Å². The average molecular weight is 559 g/mol. The predicted octanol–water partition coefficient (Wildman–Crippen LogP) is 6.11. The lowest BCUT2D eigenvalue weighted by molar-refractivity contribution is -0.0648. The molecule has 0 bridgehead atoms. The Balaban J connectivity index is 1.17. The van der Waals surface area contributed by atoms with Crippen LogP contribution < -0.4 is 0 Å². The fraction of sp³-hybridized carbons (Fsp3) is 0.385. The van der Waals surface area contributed by atoms with Crippen molar-refractivity contribution in [3.05, 3.63) is 68.4 Å². The van der Waals surface area contributed by atoms with Crippen LogP contribution in [0.25, 0.3) is 15.9 Å². The molecule has 2 aliphatic carbocycles. The van der Waals surface area contributed by atoms with Crippen molar-refractivity contribution in [3.8, 4) is 5.69 Å². The molecule has 0 radical (unpaired) electrons. The number of carbonyl (C=O) groups is 1. The van der Waals surface area contributed by atoms with E-state index >= 15 is 0 Å². The molecule has 2 heterocycles. The maximum Gasteiger partial charge on any atom is 0.335 e. The first-order valence-electron chi connectivity index (χ1n) is 12.2. The van der Waals surface area contributed by atoms with E-state index in [9.17, 15) is 15.0 Å². The molecule has 2 N–H and O–H groups in total. The monoisotopic (exact) mass is 558 g/mol. The van der Waals surface area contributed by atoms with Gasteiger partial charge in [0.2, 0.25) is 0 Å². The summed E-state index contributed by atoms with van der Waals surface area (Å²) < 4.78 is 8.79. The number of carboxylic acids is 1. The number of nitrogens with zero attached hydrogens (tertiary/aromatic N) is 4. The number of halogens is 2. The van der Waals surface area contributed by atoms with Crippen LogP contribution in [-0.2, 0) is 16.9 Å². The van der Waals surface area contributed by atoms with Gasteiger partial charge in [0, 0.05) is 5.92 Å². The number of hydrogen-bond acceptors (Lipinski definition) is 7. The minimum absolute atomic E-state index is 0.0367. The molecule has 0 amide bonds. The second-order valence-corrected chi connectivity index (χ2v) is 11.6. The maximum absolute atomic E-state index is 11.4. The van der Waals surface area contributed by atoms with Crippen LogP contribution in [0.2, 0.25) is 10.0 Å². The zero-order valence-corrected chi connectivity index (χ0v) is 22.1. The van der Waals surface area contributed by atoms with Crippen molar-refractivity contribution >= 4 is 50.7 Å². The lowest BCUT2D eigenvalue weighted by Crippen LogP contribution is -2.34. The largest absolute Gasteiger partial charge is 0.478 e. The van der Waals surface area contributed by atoms with Crippen LogP contribution in [-0.4, -0.2) is 42.3 Å².